The molecule has 0 saturated heterocycles. The third-order valence-corrected chi connectivity index (χ3v) is 0.737. The molecule has 0 aromatic carbocycles. The molecule has 0 aromatic rings. The SMILES string of the molecule is [B]CC1C=C1. The summed E-state index contributed by atoms with van der Waals surface area (Å²) in [6, 6.07) is 0. The molecular formula is C4H5B. The van der Waals surface area contributed by atoms with Crippen molar-refractivity contribution in [1.82, 2.24) is 0 Å². The zero-order valence-electron chi connectivity index (χ0n) is 3.02. The number of rotatable bonds is 1. The van der Waals surface area contributed by atoms with E-state index in [2.05, 4.69) is 12.2 Å². The second kappa shape index (κ2) is 0.888. The maximum absolute atomic E-state index is 5.17. The summed E-state index contributed by atoms with van der Waals surface area (Å²) in [6.45, 7) is 0. The Balaban J connectivity index is 2.06. The van der Waals surface area contributed by atoms with Crippen LogP contribution in [0.25, 0.3) is 0 Å². The van der Waals surface area contributed by atoms with Crippen molar-refractivity contribution < 1.29 is 0 Å². The van der Waals surface area contributed by atoms with E-state index in [1.165, 1.54) is 0 Å². The Morgan fingerprint density at radius 3 is 2.20 bits per heavy atom. The van der Waals surface area contributed by atoms with Crippen LogP contribution in [0.2, 0.25) is 6.32 Å². The zero-order valence-corrected chi connectivity index (χ0v) is 3.02. The Morgan fingerprint density at radius 1 is 1.60 bits per heavy atom. The maximum atomic E-state index is 5.17. The first-order valence-electron chi connectivity index (χ1n) is 1.82. The van der Waals surface area contributed by atoms with E-state index in [1.807, 2.05) is 0 Å². The highest BCUT2D eigenvalue weighted by Gasteiger charge is 2.03. The van der Waals surface area contributed by atoms with Gasteiger partial charge in [-0.15, -0.1) is 0 Å². The molecule has 0 saturated carbocycles. The van der Waals surface area contributed by atoms with Gasteiger partial charge in [0, 0.05) is 0 Å². The molecule has 0 unspecified atom stereocenters. The van der Waals surface area contributed by atoms with Crippen LogP contribution in [0.5, 0.6) is 0 Å². The molecule has 0 heterocycles. The topological polar surface area (TPSA) is 0 Å². The molecule has 0 fully saturated rings. The standard InChI is InChI=1S/C4H5B/c5-3-4-1-2-4/h1-2,4H,3H2. The van der Waals surface area contributed by atoms with Crippen LogP contribution in [0.15, 0.2) is 12.2 Å². The molecule has 1 aliphatic rings. The van der Waals surface area contributed by atoms with E-state index < -0.39 is 0 Å². The maximum Gasteiger partial charge on any atom is 0.0665 e. The van der Waals surface area contributed by atoms with Gasteiger partial charge in [0.15, 0.2) is 0 Å². The molecule has 0 N–H and O–H groups in total. The second-order valence-electron chi connectivity index (χ2n) is 1.28. The second-order valence-corrected chi connectivity index (χ2v) is 1.28. The number of hydrogen-bond donors (Lipinski definition) is 0. The zero-order chi connectivity index (χ0) is 3.70. The highest BCUT2D eigenvalue weighted by Crippen LogP contribution is 2.17. The van der Waals surface area contributed by atoms with E-state index in [9.17, 15) is 0 Å². The highest BCUT2D eigenvalue weighted by molar-refractivity contribution is 6.09. The van der Waals surface area contributed by atoms with Gasteiger partial charge >= 0.3 is 0 Å². The lowest BCUT2D eigenvalue weighted by molar-refractivity contribution is 1.08. The molecule has 0 aromatic heterocycles. The van der Waals surface area contributed by atoms with Crippen LogP contribution in [0.1, 0.15) is 0 Å². The van der Waals surface area contributed by atoms with Gasteiger partial charge in [0.1, 0.15) is 0 Å². The lowest BCUT2D eigenvalue weighted by atomic mass is 10.00. The average molecular weight is 63.9 g/mol. The molecule has 0 aliphatic heterocycles. The van der Waals surface area contributed by atoms with E-state index in [0.717, 1.165) is 6.32 Å². The molecular weight excluding hydrogens is 58.9 g/mol. The van der Waals surface area contributed by atoms with Crippen molar-refractivity contribution in [3.63, 3.8) is 0 Å². The lowest BCUT2D eigenvalue weighted by Gasteiger charge is -1.75. The molecule has 1 heteroatoms. The third-order valence-electron chi connectivity index (χ3n) is 0.737. The van der Waals surface area contributed by atoms with Crippen LogP contribution in [0, 0.1) is 5.92 Å². The normalized spacial score (nSPS) is 20.0. The minimum absolute atomic E-state index is 0.662. The summed E-state index contributed by atoms with van der Waals surface area (Å²) in [5, 5.41) is 0. The van der Waals surface area contributed by atoms with Crippen molar-refractivity contribution in [2.24, 2.45) is 5.92 Å². The van der Waals surface area contributed by atoms with Gasteiger partial charge < -0.3 is 0 Å². The van der Waals surface area contributed by atoms with Crippen molar-refractivity contribution in [3.8, 4) is 0 Å². The van der Waals surface area contributed by atoms with Crippen molar-refractivity contribution in [1.29, 1.82) is 0 Å². The molecule has 24 valence electrons. The smallest absolute Gasteiger partial charge is 0.0665 e. The van der Waals surface area contributed by atoms with E-state index >= 15 is 0 Å². The quantitative estimate of drug-likeness (QED) is 0.312. The average Bonchev–Trinajstić information content (AvgIpc) is 2.12. The molecule has 2 radical (unpaired) electrons. The van der Waals surface area contributed by atoms with E-state index in [0.29, 0.717) is 5.92 Å². The fourth-order valence-corrected chi connectivity index (χ4v) is 0.236. The van der Waals surface area contributed by atoms with Gasteiger partial charge in [-0.25, -0.2) is 0 Å². The Kier molecular flexibility index (Phi) is 0.535. The Hall–Kier alpha value is -0.195. The van der Waals surface area contributed by atoms with Crippen molar-refractivity contribution in [3.05, 3.63) is 12.2 Å². The van der Waals surface area contributed by atoms with Crippen LogP contribution in [0.4, 0.5) is 0 Å². The summed E-state index contributed by atoms with van der Waals surface area (Å²) in [4.78, 5) is 0. The summed E-state index contributed by atoms with van der Waals surface area (Å²) >= 11 is 0. The van der Waals surface area contributed by atoms with E-state index in [-0.39, 0.29) is 0 Å². The first-order valence-corrected chi connectivity index (χ1v) is 1.82. The lowest BCUT2D eigenvalue weighted by Crippen LogP contribution is -1.68. The van der Waals surface area contributed by atoms with Crippen LogP contribution in [-0.4, -0.2) is 7.85 Å². The molecule has 1 aliphatic carbocycles. The van der Waals surface area contributed by atoms with E-state index in [4.69, 9.17) is 7.85 Å². The summed E-state index contributed by atoms with van der Waals surface area (Å²) in [5.74, 6) is 0.662. The number of allylic oxidation sites excluding steroid dienone is 2. The van der Waals surface area contributed by atoms with Crippen LogP contribution in [-0.2, 0) is 0 Å². The molecule has 0 spiro atoms. The first kappa shape index (κ1) is 3.01. The first-order chi connectivity index (χ1) is 2.43. The van der Waals surface area contributed by atoms with Gasteiger partial charge in [-0.1, -0.05) is 18.5 Å². The van der Waals surface area contributed by atoms with Crippen LogP contribution >= 0.6 is 0 Å². The summed E-state index contributed by atoms with van der Waals surface area (Å²) < 4.78 is 0. The predicted molar refractivity (Wildman–Crippen MR) is 23.2 cm³/mol. The highest BCUT2D eigenvalue weighted by atomic mass is 14.1. The monoisotopic (exact) mass is 64.0 g/mol. The molecule has 5 heavy (non-hydrogen) atoms. The van der Waals surface area contributed by atoms with Crippen molar-refractivity contribution in [2.45, 2.75) is 6.32 Å². The fourth-order valence-electron chi connectivity index (χ4n) is 0.236. The molecule has 0 atom stereocenters. The van der Waals surface area contributed by atoms with Gasteiger partial charge in [0.05, 0.1) is 7.85 Å². The Morgan fingerprint density at radius 2 is 2.20 bits per heavy atom. The minimum Gasteiger partial charge on any atom is -0.0818 e. The molecule has 0 amide bonds. The van der Waals surface area contributed by atoms with Crippen molar-refractivity contribution in [2.75, 3.05) is 0 Å². The molecule has 0 nitrogen and oxygen atoms in total. The molecule has 0 bridgehead atoms. The van der Waals surface area contributed by atoms with Gasteiger partial charge in [-0.2, -0.15) is 0 Å². The summed E-state index contributed by atoms with van der Waals surface area (Å²) in [5.41, 5.74) is 0. The summed E-state index contributed by atoms with van der Waals surface area (Å²) in [6.07, 6.45) is 5.00. The van der Waals surface area contributed by atoms with Gasteiger partial charge in [-0.05, 0) is 5.92 Å². The van der Waals surface area contributed by atoms with Gasteiger partial charge in [-0.3, -0.25) is 0 Å². The predicted octanol–water partition coefficient (Wildman–Crippen LogP) is 0.759. The molecule has 1 rings (SSSR count). The Labute approximate surface area is 33.3 Å². The third kappa shape index (κ3) is 0.537. The Bertz CT molecular complexity index is 50.7. The van der Waals surface area contributed by atoms with Gasteiger partial charge in [0.2, 0.25) is 0 Å². The number of hydrogen-bond acceptors (Lipinski definition) is 0. The minimum atomic E-state index is 0.662. The van der Waals surface area contributed by atoms with Gasteiger partial charge in [0.25, 0.3) is 0 Å². The largest absolute Gasteiger partial charge is 0.0818 e. The van der Waals surface area contributed by atoms with Crippen LogP contribution in [0.3, 0.4) is 0 Å². The van der Waals surface area contributed by atoms with Crippen molar-refractivity contribution >= 4 is 7.85 Å². The summed E-state index contributed by atoms with van der Waals surface area (Å²) in [7, 11) is 5.17. The fraction of sp³-hybridized carbons (Fsp3) is 0.500. The van der Waals surface area contributed by atoms with E-state index in [1.54, 1.807) is 0 Å². The van der Waals surface area contributed by atoms with Crippen LogP contribution < -0.4 is 0 Å².